The van der Waals surface area contributed by atoms with Crippen LogP contribution < -0.4 is 24.0 Å². The first-order chi connectivity index (χ1) is 3.52. The van der Waals surface area contributed by atoms with Crippen LogP contribution in [0.25, 0.3) is 0 Å². The molecule has 0 aromatic carbocycles. The lowest BCUT2D eigenvalue weighted by atomic mass is 10.5. The molecule has 0 heterocycles. The molecular formula is C6H14INO. The molecule has 0 aromatic rings. The summed E-state index contributed by atoms with van der Waals surface area (Å²) in [5.41, 5.74) is 0. The summed E-state index contributed by atoms with van der Waals surface area (Å²) >= 11 is 0. The largest absolute Gasteiger partial charge is 1.00 e. The molecule has 0 spiro atoms. The van der Waals surface area contributed by atoms with Crippen LogP contribution in [0.15, 0.2) is 0 Å². The monoisotopic (exact) mass is 243 g/mol. The molecule has 0 aliphatic heterocycles. The van der Waals surface area contributed by atoms with Crippen molar-refractivity contribution in [2.24, 2.45) is 0 Å². The molecule has 0 saturated heterocycles. The normalized spacial score (nSPS) is 33.3. The van der Waals surface area contributed by atoms with E-state index in [1.807, 2.05) is 0 Å². The fourth-order valence-electron chi connectivity index (χ4n) is 1.00. The second kappa shape index (κ2) is 2.72. The van der Waals surface area contributed by atoms with E-state index in [0.717, 1.165) is 10.9 Å². The van der Waals surface area contributed by atoms with Gasteiger partial charge in [-0.25, -0.2) is 0 Å². The van der Waals surface area contributed by atoms with Crippen molar-refractivity contribution in [3.05, 3.63) is 0 Å². The van der Waals surface area contributed by atoms with Gasteiger partial charge in [0.1, 0.15) is 12.1 Å². The second-order valence-corrected chi connectivity index (χ2v) is 3.49. The Hall–Kier alpha value is 0.650. The third kappa shape index (κ3) is 2.39. The van der Waals surface area contributed by atoms with Crippen LogP contribution in [0.3, 0.4) is 0 Å². The van der Waals surface area contributed by atoms with Crippen molar-refractivity contribution in [1.82, 2.24) is 0 Å². The summed E-state index contributed by atoms with van der Waals surface area (Å²) < 4.78 is 0.904. The molecule has 0 bridgehead atoms. The Balaban J connectivity index is 0.000000640. The minimum atomic E-state index is -0.0185. The number of aliphatic hydroxyl groups excluding tert-OH is 1. The van der Waals surface area contributed by atoms with Gasteiger partial charge in [0.25, 0.3) is 0 Å². The second-order valence-electron chi connectivity index (χ2n) is 3.49. The number of likely N-dealkylation sites (N-methyl/N-ethyl adjacent to an activating group) is 1. The molecule has 1 rings (SSSR count). The molecular weight excluding hydrogens is 229 g/mol. The minimum absolute atomic E-state index is 0. The number of nitrogens with zero attached hydrogens (tertiary/aromatic N) is 1. The van der Waals surface area contributed by atoms with Crippen molar-refractivity contribution in [2.45, 2.75) is 18.6 Å². The van der Waals surface area contributed by atoms with Gasteiger partial charge in [-0.2, -0.15) is 0 Å². The van der Waals surface area contributed by atoms with Crippen LogP contribution in [0.1, 0.15) is 6.42 Å². The van der Waals surface area contributed by atoms with Crippen molar-refractivity contribution in [3.8, 4) is 0 Å². The van der Waals surface area contributed by atoms with E-state index in [9.17, 15) is 0 Å². The lowest BCUT2D eigenvalue weighted by Gasteiger charge is -2.23. The molecule has 1 aliphatic carbocycles. The highest BCUT2D eigenvalue weighted by Crippen LogP contribution is 2.29. The quantitative estimate of drug-likeness (QED) is 0.380. The van der Waals surface area contributed by atoms with Crippen LogP contribution in [0.5, 0.6) is 0 Å². The SMILES string of the molecule is C[N+](C)(C)[C@@H]1C[C@@H]1O.[I-]. The summed E-state index contributed by atoms with van der Waals surface area (Å²) in [5.74, 6) is 0. The zero-order valence-electron chi connectivity index (χ0n) is 6.13. The molecule has 0 unspecified atom stereocenters. The Morgan fingerprint density at radius 2 is 1.67 bits per heavy atom. The number of quaternary nitrogens is 1. The van der Waals surface area contributed by atoms with Crippen LogP contribution in [0, 0.1) is 0 Å². The first-order valence-corrected chi connectivity index (χ1v) is 3.01. The maximum atomic E-state index is 8.95. The smallest absolute Gasteiger partial charge is 0.118 e. The van der Waals surface area contributed by atoms with E-state index in [1.165, 1.54) is 0 Å². The maximum absolute atomic E-state index is 8.95. The Morgan fingerprint density at radius 3 is 1.67 bits per heavy atom. The van der Waals surface area contributed by atoms with E-state index >= 15 is 0 Å². The molecule has 2 atom stereocenters. The Kier molecular flexibility index (Phi) is 2.91. The Labute approximate surface area is 73.5 Å². The van der Waals surface area contributed by atoms with Gasteiger partial charge in [0.05, 0.1) is 21.1 Å². The summed E-state index contributed by atoms with van der Waals surface area (Å²) in [4.78, 5) is 0. The topological polar surface area (TPSA) is 20.2 Å². The molecule has 0 aromatic heterocycles. The standard InChI is InChI=1S/C6H14NO.HI/c1-7(2,3)5-4-6(5)8;/h5-6,8H,4H2,1-3H3;1H/q+1;/p-1/t5-,6+;/m1./s1. The first-order valence-electron chi connectivity index (χ1n) is 3.01. The van der Waals surface area contributed by atoms with Crippen LogP contribution in [0.4, 0.5) is 0 Å². The highest BCUT2D eigenvalue weighted by atomic mass is 127. The lowest BCUT2D eigenvalue weighted by molar-refractivity contribution is -0.883. The zero-order chi connectivity index (χ0) is 6.36. The number of aliphatic hydroxyl groups is 1. The summed E-state index contributed by atoms with van der Waals surface area (Å²) in [6.45, 7) is 0. The van der Waals surface area contributed by atoms with Crippen LogP contribution in [-0.2, 0) is 0 Å². The lowest BCUT2D eigenvalue weighted by Crippen LogP contribution is -3.00. The summed E-state index contributed by atoms with van der Waals surface area (Å²) in [6, 6.07) is 0.509. The van der Waals surface area contributed by atoms with Gasteiger partial charge < -0.3 is 33.6 Å². The molecule has 1 saturated carbocycles. The van der Waals surface area contributed by atoms with Gasteiger partial charge in [-0.3, -0.25) is 0 Å². The predicted octanol–water partition coefficient (Wildman–Crippen LogP) is -3.17. The van der Waals surface area contributed by atoms with Gasteiger partial charge in [-0.05, 0) is 0 Å². The van der Waals surface area contributed by atoms with Crippen LogP contribution in [-0.4, -0.2) is 42.9 Å². The first kappa shape index (κ1) is 9.65. The van der Waals surface area contributed by atoms with E-state index in [2.05, 4.69) is 21.1 Å². The number of rotatable bonds is 1. The van der Waals surface area contributed by atoms with E-state index < -0.39 is 0 Å². The molecule has 56 valence electrons. The van der Waals surface area contributed by atoms with Gasteiger partial charge in [-0.1, -0.05) is 0 Å². The fourth-order valence-corrected chi connectivity index (χ4v) is 1.00. The van der Waals surface area contributed by atoms with Gasteiger partial charge in [0.15, 0.2) is 0 Å². The van der Waals surface area contributed by atoms with E-state index in [4.69, 9.17) is 5.11 Å². The maximum Gasteiger partial charge on any atom is 0.118 e. The van der Waals surface area contributed by atoms with Crippen molar-refractivity contribution in [2.75, 3.05) is 21.1 Å². The number of hydrogen-bond acceptors (Lipinski definition) is 1. The Morgan fingerprint density at radius 1 is 1.33 bits per heavy atom. The van der Waals surface area contributed by atoms with Crippen LogP contribution in [0.2, 0.25) is 0 Å². The third-order valence-electron chi connectivity index (χ3n) is 1.72. The molecule has 9 heavy (non-hydrogen) atoms. The summed E-state index contributed by atoms with van der Waals surface area (Å²) in [5, 5.41) is 8.95. The average molecular weight is 243 g/mol. The molecule has 1 N–H and O–H groups in total. The fraction of sp³-hybridized carbons (Fsp3) is 1.00. The Bertz CT molecular complexity index is 99.7. The third-order valence-corrected chi connectivity index (χ3v) is 1.72. The van der Waals surface area contributed by atoms with Gasteiger partial charge in [-0.15, -0.1) is 0 Å². The number of halogens is 1. The van der Waals surface area contributed by atoms with Gasteiger partial charge >= 0.3 is 0 Å². The summed E-state index contributed by atoms with van der Waals surface area (Å²) in [6.07, 6.45) is 0.971. The number of hydrogen-bond donors (Lipinski definition) is 1. The summed E-state index contributed by atoms with van der Waals surface area (Å²) in [7, 11) is 6.34. The highest BCUT2D eigenvalue weighted by Gasteiger charge is 2.46. The van der Waals surface area contributed by atoms with E-state index in [0.29, 0.717) is 6.04 Å². The molecule has 0 amide bonds. The molecule has 1 fully saturated rings. The molecule has 3 heteroatoms. The van der Waals surface area contributed by atoms with Crippen LogP contribution >= 0.6 is 0 Å². The molecule has 1 aliphatic rings. The van der Waals surface area contributed by atoms with Crippen molar-refractivity contribution in [3.63, 3.8) is 0 Å². The van der Waals surface area contributed by atoms with E-state index in [1.54, 1.807) is 0 Å². The van der Waals surface area contributed by atoms with Gasteiger partial charge in [0.2, 0.25) is 0 Å². The highest BCUT2D eigenvalue weighted by molar-refractivity contribution is 4.86. The van der Waals surface area contributed by atoms with Crippen molar-refractivity contribution >= 4 is 0 Å². The van der Waals surface area contributed by atoms with Gasteiger partial charge in [0, 0.05) is 6.42 Å². The zero-order valence-corrected chi connectivity index (χ0v) is 8.29. The molecule has 2 nitrogen and oxygen atoms in total. The average Bonchev–Trinajstić information content (AvgIpc) is 2.13. The van der Waals surface area contributed by atoms with Crippen molar-refractivity contribution in [1.29, 1.82) is 0 Å². The predicted molar refractivity (Wildman–Crippen MR) is 32.4 cm³/mol. The van der Waals surface area contributed by atoms with E-state index in [-0.39, 0.29) is 30.1 Å². The molecule has 0 radical (unpaired) electrons. The minimum Gasteiger partial charge on any atom is -1.00 e. The van der Waals surface area contributed by atoms with Crippen molar-refractivity contribution < 1.29 is 33.6 Å².